The standard InChI is InChI=1S/C11H24O4/c1-9(6-7-12)8-10(13)4-2-3-5-11(14)15/h9-15H,2-8H2,1H3. The molecule has 0 aromatic carbocycles. The Labute approximate surface area is 91.6 Å². The second kappa shape index (κ2) is 9.09. The number of hydrogen-bond acceptors (Lipinski definition) is 4. The van der Waals surface area contributed by atoms with Gasteiger partial charge >= 0.3 is 0 Å². The predicted octanol–water partition coefficient (Wildman–Crippen LogP) is 0.627. The van der Waals surface area contributed by atoms with Gasteiger partial charge in [0.1, 0.15) is 0 Å². The molecule has 0 aliphatic carbocycles. The molecule has 0 saturated carbocycles. The maximum atomic E-state index is 9.60. The number of unbranched alkanes of at least 4 members (excludes halogenated alkanes) is 1. The number of aliphatic hydroxyl groups excluding tert-OH is 3. The Kier molecular flexibility index (Phi) is 9.00. The van der Waals surface area contributed by atoms with Gasteiger partial charge in [-0.2, -0.15) is 0 Å². The highest BCUT2D eigenvalue weighted by Crippen LogP contribution is 2.14. The quantitative estimate of drug-likeness (QED) is 0.339. The zero-order valence-corrected chi connectivity index (χ0v) is 9.47. The summed E-state index contributed by atoms with van der Waals surface area (Å²) in [5, 5.41) is 35.5. The van der Waals surface area contributed by atoms with Gasteiger partial charge in [0.15, 0.2) is 6.29 Å². The lowest BCUT2D eigenvalue weighted by atomic mass is 9.97. The van der Waals surface area contributed by atoms with E-state index in [0.29, 0.717) is 25.2 Å². The van der Waals surface area contributed by atoms with Gasteiger partial charge in [-0.3, -0.25) is 0 Å². The molecule has 0 spiro atoms. The Morgan fingerprint density at radius 2 is 1.53 bits per heavy atom. The summed E-state index contributed by atoms with van der Waals surface area (Å²) in [4.78, 5) is 0. The van der Waals surface area contributed by atoms with Crippen molar-refractivity contribution in [1.29, 1.82) is 0 Å². The first-order valence-electron chi connectivity index (χ1n) is 5.71. The fraction of sp³-hybridized carbons (Fsp3) is 1.00. The van der Waals surface area contributed by atoms with Crippen LogP contribution in [0.2, 0.25) is 0 Å². The molecule has 0 aliphatic rings. The van der Waals surface area contributed by atoms with Gasteiger partial charge in [-0.05, 0) is 38.0 Å². The average molecular weight is 220 g/mol. The fourth-order valence-electron chi connectivity index (χ4n) is 1.63. The van der Waals surface area contributed by atoms with Crippen LogP contribution in [0.15, 0.2) is 0 Å². The van der Waals surface area contributed by atoms with Crippen LogP contribution < -0.4 is 0 Å². The number of aliphatic hydroxyl groups is 4. The van der Waals surface area contributed by atoms with Crippen LogP contribution in [0.4, 0.5) is 0 Å². The van der Waals surface area contributed by atoms with Crippen molar-refractivity contribution >= 4 is 0 Å². The first-order chi connectivity index (χ1) is 7.06. The first kappa shape index (κ1) is 14.8. The van der Waals surface area contributed by atoms with Crippen molar-refractivity contribution in [3.63, 3.8) is 0 Å². The summed E-state index contributed by atoms with van der Waals surface area (Å²) < 4.78 is 0. The zero-order chi connectivity index (χ0) is 11.7. The molecule has 92 valence electrons. The highest BCUT2D eigenvalue weighted by Gasteiger charge is 2.09. The third kappa shape index (κ3) is 10.1. The molecule has 0 radical (unpaired) electrons. The van der Waals surface area contributed by atoms with Crippen LogP contribution in [-0.4, -0.2) is 39.4 Å². The van der Waals surface area contributed by atoms with Gasteiger partial charge in [-0.15, -0.1) is 0 Å². The van der Waals surface area contributed by atoms with E-state index in [0.717, 1.165) is 19.3 Å². The van der Waals surface area contributed by atoms with Crippen LogP contribution in [0.5, 0.6) is 0 Å². The summed E-state index contributed by atoms with van der Waals surface area (Å²) in [6.45, 7) is 2.18. The molecule has 0 fully saturated rings. The number of rotatable bonds is 9. The molecule has 4 nitrogen and oxygen atoms in total. The van der Waals surface area contributed by atoms with E-state index >= 15 is 0 Å². The Morgan fingerprint density at radius 3 is 2.07 bits per heavy atom. The van der Waals surface area contributed by atoms with E-state index < -0.39 is 6.29 Å². The minimum atomic E-state index is -1.23. The Bertz CT molecular complexity index is 139. The van der Waals surface area contributed by atoms with Crippen molar-refractivity contribution in [2.24, 2.45) is 5.92 Å². The molecule has 2 atom stereocenters. The summed E-state index contributed by atoms with van der Waals surface area (Å²) in [6.07, 6.45) is 2.49. The second-order valence-corrected chi connectivity index (χ2v) is 4.27. The summed E-state index contributed by atoms with van der Waals surface area (Å²) >= 11 is 0. The summed E-state index contributed by atoms with van der Waals surface area (Å²) in [7, 11) is 0. The van der Waals surface area contributed by atoms with E-state index in [1.807, 2.05) is 6.92 Å². The summed E-state index contributed by atoms with van der Waals surface area (Å²) in [6, 6.07) is 0. The van der Waals surface area contributed by atoms with Crippen LogP contribution in [0.25, 0.3) is 0 Å². The van der Waals surface area contributed by atoms with Gasteiger partial charge in [0.25, 0.3) is 0 Å². The molecule has 2 unspecified atom stereocenters. The molecule has 4 N–H and O–H groups in total. The lowest BCUT2D eigenvalue weighted by Crippen LogP contribution is -2.13. The minimum Gasteiger partial charge on any atom is -0.396 e. The highest BCUT2D eigenvalue weighted by atomic mass is 16.5. The zero-order valence-electron chi connectivity index (χ0n) is 9.47. The summed E-state index contributed by atoms with van der Waals surface area (Å²) in [5.41, 5.74) is 0. The molecule has 0 amide bonds. The van der Waals surface area contributed by atoms with E-state index in [-0.39, 0.29) is 12.7 Å². The second-order valence-electron chi connectivity index (χ2n) is 4.27. The van der Waals surface area contributed by atoms with Crippen molar-refractivity contribution in [2.75, 3.05) is 6.61 Å². The molecular formula is C11H24O4. The molecule has 0 bridgehead atoms. The topological polar surface area (TPSA) is 80.9 Å². The van der Waals surface area contributed by atoms with Crippen LogP contribution in [-0.2, 0) is 0 Å². The van der Waals surface area contributed by atoms with Crippen LogP contribution in [0.3, 0.4) is 0 Å². The van der Waals surface area contributed by atoms with Gasteiger partial charge in [0.2, 0.25) is 0 Å². The Hall–Kier alpha value is -0.160. The maximum absolute atomic E-state index is 9.60. The van der Waals surface area contributed by atoms with Gasteiger partial charge in [-0.25, -0.2) is 0 Å². The summed E-state index contributed by atoms with van der Waals surface area (Å²) in [5.74, 6) is 0.341. The molecular weight excluding hydrogens is 196 g/mol. The Balaban J connectivity index is 3.36. The monoisotopic (exact) mass is 220 g/mol. The minimum absolute atomic E-state index is 0.171. The molecule has 0 heterocycles. The van der Waals surface area contributed by atoms with Gasteiger partial charge in [-0.1, -0.05) is 13.3 Å². The average Bonchev–Trinajstić information content (AvgIpc) is 2.12. The van der Waals surface area contributed by atoms with Gasteiger partial charge in [0, 0.05) is 6.61 Å². The van der Waals surface area contributed by atoms with E-state index in [1.54, 1.807) is 0 Å². The molecule has 0 aliphatic heterocycles. The molecule has 4 heteroatoms. The van der Waals surface area contributed by atoms with E-state index in [4.69, 9.17) is 15.3 Å². The Morgan fingerprint density at radius 1 is 0.933 bits per heavy atom. The third-order valence-corrected chi connectivity index (χ3v) is 2.55. The molecule has 0 saturated heterocycles. The van der Waals surface area contributed by atoms with Crippen LogP contribution >= 0.6 is 0 Å². The van der Waals surface area contributed by atoms with Crippen molar-refractivity contribution in [2.45, 2.75) is 57.8 Å². The first-order valence-corrected chi connectivity index (χ1v) is 5.71. The normalized spacial score (nSPS) is 15.6. The van der Waals surface area contributed by atoms with Crippen molar-refractivity contribution in [1.82, 2.24) is 0 Å². The third-order valence-electron chi connectivity index (χ3n) is 2.55. The molecule has 15 heavy (non-hydrogen) atoms. The lowest BCUT2D eigenvalue weighted by Gasteiger charge is -2.15. The highest BCUT2D eigenvalue weighted by molar-refractivity contribution is 4.62. The van der Waals surface area contributed by atoms with Gasteiger partial charge in [0.05, 0.1) is 6.10 Å². The van der Waals surface area contributed by atoms with Crippen LogP contribution in [0, 0.1) is 5.92 Å². The lowest BCUT2D eigenvalue weighted by molar-refractivity contribution is -0.0470. The molecule has 0 rings (SSSR count). The van der Waals surface area contributed by atoms with E-state index in [1.165, 1.54) is 0 Å². The van der Waals surface area contributed by atoms with Crippen LogP contribution in [0.1, 0.15) is 45.4 Å². The smallest absolute Gasteiger partial charge is 0.151 e. The van der Waals surface area contributed by atoms with Crippen molar-refractivity contribution in [3.05, 3.63) is 0 Å². The van der Waals surface area contributed by atoms with Gasteiger partial charge < -0.3 is 20.4 Å². The largest absolute Gasteiger partial charge is 0.396 e. The van der Waals surface area contributed by atoms with Crippen molar-refractivity contribution < 1.29 is 20.4 Å². The molecule has 0 aromatic rings. The SMILES string of the molecule is CC(CCO)CC(O)CCCCC(O)O. The maximum Gasteiger partial charge on any atom is 0.151 e. The van der Waals surface area contributed by atoms with Crippen molar-refractivity contribution in [3.8, 4) is 0 Å². The predicted molar refractivity (Wildman–Crippen MR) is 58.2 cm³/mol. The van der Waals surface area contributed by atoms with E-state index in [9.17, 15) is 5.11 Å². The molecule has 0 aromatic heterocycles. The van der Waals surface area contributed by atoms with E-state index in [2.05, 4.69) is 0 Å². The number of hydrogen-bond donors (Lipinski definition) is 4. The fourth-order valence-corrected chi connectivity index (χ4v) is 1.63.